The summed E-state index contributed by atoms with van der Waals surface area (Å²) < 4.78 is 2.28. The Morgan fingerprint density at radius 2 is 1.64 bits per heavy atom. The molecule has 1 N–H and O–H groups in total. The Hall–Kier alpha value is -2.36. The lowest BCUT2D eigenvalue weighted by molar-refractivity contribution is 0.465. The Morgan fingerprint density at radius 1 is 0.929 bits per heavy atom. The van der Waals surface area contributed by atoms with E-state index in [1.807, 2.05) is 12.3 Å². The van der Waals surface area contributed by atoms with Crippen molar-refractivity contribution in [1.29, 1.82) is 0 Å². The fourth-order valence-corrected chi connectivity index (χ4v) is 3.87. The van der Waals surface area contributed by atoms with Gasteiger partial charge < -0.3 is 9.88 Å². The number of imidazole rings is 1. The van der Waals surface area contributed by atoms with Crippen LogP contribution in [-0.2, 0) is 6.54 Å². The quantitative estimate of drug-likeness (QED) is 0.530. The van der Waals surface area contributed by atoms with Crippen LogP contribution in [0, 0.1) is 0 Å². The van der Waals surface area contributed by atoms with Crippen LogP contribution < -0.4 is 5.32 Å². The first-order valence-corrected chi connectivity index (χ1v) is 9.94. The van der Waals surface area contributed by atoms with E-state index in [4.69, 9.17) is 0 Å². The zero-order valence-electron chi connectivity index (χ0n) is 16.1. The highest BCUT2D eigenvalue weighted by Gasteiger charge is 2.15. The molecule has 1 unspecified atom stereocenters. The summed E-state index contributed by atoms with van der Waals surface area (Å²) in [4.78, 5) is 4.54. The fourth-order valence-electron chi connectivity index (χ4n) is 3.87. The average Bonchev–Trinajstić information content (AvgIpc) is 3.21. The number of aryl methyl sites for hydroxylation is 1. The minimum atomic E-state index is 0. The van der Waals surface area contributed by atoms with Crippen molar-refractivity contribution in [3.63, 3.8) is 0 Å². The third-order valence-electron chi connectivity index (χ3n) is 5.31. The maximum atomic E-state index is 4.54. The second-order valence-corrected chi connectivity index (χ2v) is 7.21. The van der Waals surface area contributed by atoms with Crippen LogP contribution in [0.2, 0.25) is 0 Å². The molecule has 4 heteroatoms. The van der Waals surface area contributed by atoms with E-state index in [0.29, 0.717) is 6.04 Å². The highest BCUT2D eigenvalue weighted by molar-refractivity contribution is 5.85. The second-order valence-electron chi connectivity index (χ2n) is 7.21. The highest BCUT2D eigenvalue weighted by atomic mass is 35.5. The van der Waals surface area contributed by atoms with Crippen LogP contribution in [0.4, 0.5) is 0 Å². The molecule has 2 aromatic carbocycles. The van der Waals surface area contributed by atoms with Crippen LogP contribution >= 0.6 is 12.4 Å². The number of rotatable bonds is 7. The Bertz CT molecular complexity index is 871. The minimum Gasteiger partial charge on any atom is -0.331 e. The average molecular weight is 394 g/mol. The predicted octanol–water partition coefficient (Wildman–Crippen LogP) is 5.59. The van der Waals surface area contributed by atoms with E-state index in [0.717, 1.165) is 25.3 Å². The first kappa shape index (κ1) is 20.4. The fraction of sp³-hybridized carbons (Fsp3) is 0.292. The van der Waals surface area contributed by atoms with E-state index < -0.39 is 0 Å². The van der Waals surface area contributed by atoms with Gasteiger partial charge in [0.05, 0.1) is 0 Å². The third kappa shape index (κ3) is 5.12. The molecule has 0 saturated heterocycles. The maximum absolute atomic E-state index is 4.54. The van der Waals surface area contributed by atoms with Crippen LogP contribution in [0.5, 0.6) is 0 Å². The summed E-state index contributed by atoms with van der Waals surface area (Å²) in [5, 5.41) is 3.65. The molecule has 1 aromatic heterocycles. The Balaban J connectivity index is 0.00000225. The van der Waals surface area contributed by atoms with Crippen molar-refractivity contribution in [3.8, 4) is 11.4 Å². The molecule has 0 spiro atoms. The van der Waals surface area contributed by atoms with Gasteiger partial charge in [-0.1, -0.05) is 73.2 Å². The number of unbranched alkanes of at least 4 members (excludes halogenated alkanes) is 1. The van der Waals surface area contributed by atoms with Crippen LogP contribution in [0.3, 0.4) is 0 Å². The summed E-state index contributed by atoms with van der Waals surface area (Å²) in [5.74, 6) is 1.07. The molecule has 2 heterocycles. The lowest BCUT2D eigenvalue weighted by Crippen LogP contribution is -2.32. The van der Waals surface area contributed by atoms with Gasteiger partial charge in [-0.15, -0.1) is 12.4 Å². The molecule has 0 aliphatic carbocycles. The number of benzene rings is 2. The molecule has 0 saturated carbocycles. The van der Waals surface area contributed by atoms with Crippen molar-refractivity contribution < 1.29 is 0 Å². The molecule has 146 valence electrons. The van der Waals surface area contributed by atoms with Gasteiger partial charge in [-0.05, 0) is 30.4 Å². The van der Waals surface area contributed by atoms with Gasteiger partial charge in [0.1, 0.15) is 5.82 Å². The van der Waals surface area contributed by atoms with Gasteiger partial charge in [-0.2, -0.15) is 0 Å². The highest BCUT2D eigenvalue weighted by Crippen LogP contribution is 2.24. The molecule has 0 bridgehead atoms. The minimum absolute atomic E-state index is 0. The van der Waals surface area contributed by atoms with Crippen molar-refractivity contribution >= 4 is 18.0 Å². The van der Waals surface area contributed by atoms with Gasteiger partial charge in [0, 0.05) is 37.1 Å². The smallest absolute Gasteiger partial charge is 0.139 e. The number of halogens is 1. The van der Waals surface area contributed by atoms with Crippen LogP contribution in [0.25, 0.3) is 17.0 Å². The second kappa shape index (κ2) is 10.3. The molecule has 0 amide bonds. The van der Waals surface area contributed by atoms with Gasteiger partial charge in [-0.3, -0.25) is 0 Å². The number of nitrogens with one attached hydrogen (secondary N) is 1. The number of hydrogen-bond acceptors (Lipinski definition) is 2. The summed E-state index contributed by atoms with van der Waals surface area (Å²) in [6, 6.07) is 21.8. The van der Waals surface area contributed by atoms with Gasteiger partial charge in [0.2, 0.25) is 0 Å². The molecule has 1 aliphatic heterocycles. The van der Waals surface area contributed by atoms with Crippen molar-refractivity contribution in [2.45, 2.75) is 38.3 Å². The molecule has 0 fully saturated rings. The monoisotopic (exact) mass is 393 g/mol. The Labute approximate surface area is 173 Å². The first-order valence-electron chi connectivity index (χ1n) is 9.94. The standard InChI is InChI=1S/C24H27N3.ClH/c1-3-9-20(10-4-1)22-14-15-25-23(19-22)13-7-8-17-27-18-16-26-24(27)21-11-5-2-6-12-21;/h1-6,9-12,14,16,18,23,25H,7-8,13,15,17,19H2;1H. The Kier molecular flexibility index (Phi) is 7.46. The first-order chi connectivity index (χ1) is 13.4. The summed E-state index contributed by atoms with van der Waals surface area (Å²) >= 11 is 0. The van der Waals surface area contributed by atoms with Crippen LogP contribution in [-0.4, -0.2) is 22.1 Å². The number of aromatic nitrogens is 2. The molecule has 0 radical (unpaired) electrons. The molecule has 3 aromatic rings. The van der Waals surface area contributed by atoms with Gasteiger partial charge >= 0.3 is 0 Å². The van der Waals surface area contributed by atoms with Crippen LogP contribution in [0.15, 0.2) is 79.1 Å². The lowest BCUT2D eigenvalue weighted by atomic mass is 9.93. The zero-order valence-corrected chi connectivity index (χ0v) is 16.9. The molecule has 3 nitrogen and oxygen atoms in total. The summed E-state index contributed by atoms with van der Waals surface area (Å²) in [6.45, 7) is 2.01. The predicted molar refractivity (Wildman–Crippen MR) is 120 cm³/mol. The molecule has 4 rings (SSSR count). The number of hydrogen-bond donors (Lipinski definition) is 1. The lowest BCUT2D eigenvalue weighted by Gasteiger charge is -2.24. The van der Waals surface area contributed by atoms with E-state index in [-0.39, 0.29) is 12.4 Å². The molecular formula is C24H28ClN3. The van der Waals surface area contributed by atoms with E-state index in [1.54, 1.807) is 0 Å². The normalized spacial score (nSPS) is 16.3. The van der Waals surface area contributed by atoms with Crippen molar-refractivity contribution in [3.05, 3.63) is 84.7 Å². The largest absolute Gasteiger partial charge is 0.331 e. The number of nitrogens with zero attached hydrogens (tertiary/aromatic N) is 2. The SMILES string of the molecule is C1=C(c2ccccc2)CC(CCCCn2ccnc2-c2ccccc2)NC1.Cl. The third-order valence-corrected chi connectivity index (χ3v) is 5.31. The van der Waals surface area contributed by atoms with E-state index in [2.05, 4.69) is 81.7 Å². The maximum Gasteiger partial charge on any atom is 0.139 e. The molecule has 1 atom stereocenters. The van der Waals surface area contributed by atoms with E-state index in [9.17, 15) is 0 Å². The Morgan fingerprint density at radius 3 is 2.39 bits per heavy atom. The summed E-state index contributed by atoms with van der Waals surface area (Å²) in [7, 11) is 0. The van der Waals surface area contributed by atoms with Crippen molar-refractivity contribution in [2.24, 2.45) is 0 Å². The van der Waals surface area contributed by atoms with Crippen LogP contribution in [0.1, 0.15) is 31.2 Å². The van der Waals surface area contributed by atoms with Gasteiger partial charge in [-0.25, -0.2) is 4.98 Å². The summed E-state index contributed by atoms with van der Waals surface area (Å²) in [6.07, 6.45) is 11.1. The van der Waals surface area contributed by atoms with Crippen molar-refractivity contribution in [2.75, 3.05) is 6.54 Å². The summed E-state index contributed by atoms with van der Waals surface area (Å²) in [5.41, 5.74) is 4.05. The van der Waals surface area contributed by atoms with E-state index in [1.165, 1.54) is 36.0 Å². The van der Waals surface area contributed by atoms with E-state index >= 15 is 0 Å². The van der Waals surface area contributed by atoms with Gasteiger partial charge in [0.25, 0.3) is 0 Å². The van der Waals surface area contributed by atoms with Gasteiger partial charge in [0.15, 0.2) is 0 Å². The topological polar surface area (TPSA) is 29.9 Å². The van der Waals surface area contributed by atoms with Crippen molar-refractivity contribution in [1.82, 2.24) is 14.9 Å². The molecule has 28 heavy (non-hydrogen) atoms. The zero-order chi connectivity index (χ0) is 18.3. The molecular weight excluding hydrogens is 366 g/mol. The molecule has 1 aliphatic rings.